The molecule has 0 bridgehead atoms. The van der Waals surface area contributed by atoms with Gasteiger partial charge in [0.15, 0.2) is 0 Å². The van der Waals surface area contributed by atoms with Crippen molar-refractivity contribution < 1.29 is 4.79 Å². The van der Waals surface area contributed by atoms with Gasteiger partial charge in [-0.15, -0.1) is 0 Å². The van der Waals surface area contributed by atoms with Crippen molar-refractivity contribution in [3.63, 3.8) is 0 Å². The highest BCUT2D eigenvalue weighted by atomic mass is 16.2. The molecule has 1 saturated heterocycles. The van der Waals surface area contributed by atoms with E-state index >= 15 is 0 Å². The van der Waals surface area contributed by atoms with Gasteiger partial charge in [-0.25, -0.2) is 0 Å². The summed E-state index contributed by atoms with van der Waals surface area (Å²) in [6, 6.07) is 11.0. The molecule has 4 nitrogen and oxygen atoms in total. The molecule has 4 aliphatic rings. The molecule has 2 saturated carbocycles. The summed E-state index contributed by atoms with van der Waals surface area (Å²) in [5.41, 5.74) is 3.39. The van der Waals surface area contributed by atoms with Crippen molar-refractivity contribution in [3.8, 4) is 0 Å². The van der Waals surface area contributed by atoms with E-state index in [1.54, 1.807) is 0 Å². The van der Waals surface area contributed by atoms with E-state index in [0.29, 0.717) is 5.92 Å². The minimum absolute atomic E-state index is 0.220. The number of amides is 1. The molecule has 4 heteroatoms. The summed E-state index contributed by atoms with van der Waals surface area (Å²) in [4.78, 5) is 20.9. The maximum Gasteiger partial charge on any atom is 0.259 e. The molecule has 0 atom stereocenters. The van der Waals surface area contributed by atoms with Crippen molar-refractivity contribution in [2.45, 2.75) is 70.6 Å². The highest BCUT2D eigenvalue weighted by Crippen LogP contribution is 2.43. The second kappa shape index (κ2) is 9.89. The molecule has 0 aromatic heterocycles. The van der Waals surface area contributed by atoms with Crippen LogP contribution >= 0.6 is 0 Å². The Morgan fingerprint density at radius 3 is 2.15 bits per heavy atom. The first kappa shape index (κ1) is 22.4. The van der Waals surface area contributed by atoms with Crippen molar-refractivity contribution in [1.29, 1.82) is 0 Å². The lowest BCUT2D eigenvalue weighted by atomic mass is 9.89. The van der Waals surface area contributed by atoms with Gasteiger partial charge in [-0.05, 0) is 68.7 Å². The van der Waals surface area contributed by atoms with Gasteiger partial charge in [-0.3, -0.25) is 4.79 Å². The van der Waals surface area contributed by atoms with Crippen molar-refractivity contribution in [2.24, 2.45) is 11.8 Å². The first-order valence-electron chi connectivity index (χ1n) is 14.1. The van der Waals surface area contributed by atoms with Gasteiger partial charge in [-0.2, -0.15) is 0 Å². The lowest BCUT2D eigenvalue weighted by Crippen LogP contribution is -2.34. The van der Waals surface area contributed by atoms with E-state index in [-0.39, 0.29) is 5.91 Å². The monoisotopic (exact) mass is 459 g/mol. The van der Waals surface area contributed by atoms with E-state index in [9.17, 15) is 4.79 Å². The van der Waals surface area contributed by atoms with Crippen LogP contribution in [0.4, 0.5) is 11.4 Å². The molecule has 2 aliphatic heterocycles. The van der Waals surface area contributed by atoms with E-state index in [2.05, 4.69) is 39.0 Å². The van der Waals surface area contributed by atoms with Crippen LogP contribution in [0.3, 0.4) is 0 Å². The molecule has 2 aliphatic carbocycles. The Bertz CT molecular complexity index is 1020. The maximum atomic E-state index is 13.4. The summed E-state index contributed by atoms with van der Waals surface area (Å²) in [5.74, 6) is 1.79. The number of rotatable bonds is 5. The quantitative estimate of drug-likeness (QED) is 0.512. The van der Waals surface area contributed by atoms with Crippen molar-refractivity contribution in [2.75, 3.05) is 49.1 Å². The fourth-order valence-corrected chi connectivity index (χ4v) is 7.24. The van der Waals surface area contributed by atoms with E-state index in [4.69, 9.17) is 0 Å². The molecule has 2 aromatic rings. The van der Waals surface area contributed by atoms with Gasteiger partial charge < -0.3 is 14.7 Å². The van der Waals surface area contributed by atoms with E-state index in [1.807, 2.05) is 6.07 Å². The van der Waals surface area contributed by atoms with Crippen LogP contribution in [0, 0.1) is 11.8 Å². The topological polar surface area (TPSA) is 26.8 Å². The fourth-order valence-electron chi connectivity index (χ4n) is 7.24. The minimum atomic E-state index is 0.220. The van der Waals surface area contributed by atoms with Crippen LogP contribution in [0.1, 0.15) is 81.0 Å². The number of hydrogen-bond donors (Lipinski definition) is 0. The van der Waals surface area contributed by atoms with Crippen LogP contribution in [0.25, 0.3) is 10.8 Å². The van der Waals surface area contributed by atoms with Crippen LogP contribution in [0.2, 0.25) is 0 Å². The molecule has 0 N–H and O–H groups in total. The number of anilines is 2. The molecule has 182 valence electrons. The SMILES string of the molecule is O=C1c2cccc3c(N4CCCN(CC5CCCCC5)CC4)ccc(c23)N1CC1CCCCC1. The first-order chi connectivity index (χ1) is 16.8. The molecular weight excluding hydrogens is 418 g/mol. The average Bonchev–Trinajstić information content (AvgIpc) is 3.02. The summed E-state index contributed by atoms with van der Waals surface area (Å²) in [6.45, 7) is 6.77. The zero-order chi connectivity index (χ0) is 22.9. The maximum absolute atomic E-state index is 13.4. The zero-order valence-corrected chi connectivity index (χ0v) is 20.8. The Labute approximate surface area is 205 Å². The smallest absolute Gasteiger partial charge is 0.259 e. The van der Waals surface area contributed by atoms with Crippen LogP contribution < -0.4 is 9.80 Å². The van der Waals surface area contributed by atoms with Gasteiger partial charge in [0.25, 0.3) is 5.91 Å². The summed E-state index contributed by atoms with van der Waals surface area (Å²) < 4.78 is 0. The summed E-state index contributed by atoms with van der Waals surface area (Å²) in [7, 11) is 0. The number of hydrogen-bond acceptors (Lipinski definition) is 3. The van der Waals surface area contributed by atoms with Gasteiger partial charge in [0.05, 0.1) is 5.69 Å². The molecule has 3 fully saturated rings. The molecule has 0 radical (unpaired) electrons. The molecule has 0 spiro atoms. The predicted octanol–water partition coefficient (Wildman–Crippen LogP) is 6.47. The van der Waals surface area contributed by atoms with Gasteiger partial charge >= 0.3 is 0 Å². The molecule has 2 aromatic carbocycles. The summed E-state index contributed by atoms with van der Waals surface area (Å²) >= 11 is 0. The number of carbonyl (C=O) groups is 1. The molecule has 6 rings (SSSR count). The van der Waals surface area contributed by atoms with E-state index in [1.165, 1.54) is 100 Å². The lowest BCUT2D eigenvalue weighted by Gasteiger charge is -2.29. The van der Waals surface area contributed by atoms with Gasteiger partial charge in [0, 0.05) is 54.7 Å². The van der Waals surface area contributed by atoms with Crippen molar-refractivity contribution in [3.05, 3.63) is 35.9 Å². The Hall–Kier alpha value is -2.07. The highest BCUT2D eigenvalue weighted by molar-refractivity contribution is 6.26. The van der Waals surface area contributed by atoms with Gasteiger partial charge in [0.2, 0.25) is 0 Å². The van der Waals surface area contributed by atoms with Crippen LogP contribution in [0.15, 0.2) is 30.3 Å². The Kier molecular flexibility index (Phi) is 6.51. The van der Waals surface area contributed by atoms with Crippen LogP contribution in [0.5, 0.6) is 0 Å². The molecule has 1 amide bonds. The van der Waals surface area contributed by atoms with Gasteiger partial charge in [0.1, 0.15) is 0 Å². The zero-order valence-electron chi connectivity index (χ0n) is 20.8. The van der Waals surface area contributed by atoms with Crippen LogP contribution in [-0.2, 0) is 0 Å². The third-order valence-corrected chi connectivity index (χ3v) is 9.10. The molecule has 2 heterocycles. The van der Waals surface area contributed by atoms with Crippen molar-refractivity contribution in [1.82, 2.24) is 4.90 Å². The Morgan fingerprint density at radius 1 is 0.676 bits per heavy atom. The van der Waals surface area contributed by atoms with E-state index < -0.39 is 0 Å². The number of carbonyl (C=O) groups excluding carboxylic acids is 1. The second-order valence-corrected chi connectivity index (χ2v) is 11.4. The third kappa shape index (κ3) is 4.34. The summed E-state index contributed by atoms with van der Waals surface area (Å²) in [5, 5.41) is 2.47. The predicted molar refractivity (Wildman–Crippen MR) is 142 cm³/mol. The summed E-state index contributed by atoms with van der Waals surface area (Å²) in [6.07, 6.45) is 14.9. The van der Waals surface area contributed by atoms with Crippen LogP contribution in [-0.4, -0.2) is 50.1 Å². The molecule has 0 unspecified atom stereocenters. The number of benzene rings is 2. The molecular formula is C30H41N3O. The first-order valence-corrected chi connectivity index (χ1v) is 14.1. The number of nitrogens with zero attached hydrogens (tertiary/aromatic N) is 3. The Balaban J connectivity index is 1.22. The van der Waals surface area contributed by atoms with Crippen molar-refractivity contribution >= 4 is 28.1 Å². The fraction of sp³-hybridized carbons (Fsp3) is 0.633. The highest BCUT2D eigenvalue weighted by Gasteiger charge is 2.33. The normalized spacial score (nSPS) is 23.1. The third-order valence-electron chi connectivity index (χ3n) is 9.10. The standard InChI is InChI=1S/C30H41N3O/c34-30-26-14-7-13-25-27(15-16-28(29(25)26)33(30)22-24-11-5-2-6-12-24)32-18-8-17-31(19-20-32)21-23-9-3-1-4-10-23/h7,13-16,23-24H,1-6,8-12,17-22H2. The van der Waals surface area contributed by atoms with Gasteiger partial charge in [-0.1, -0.05) is 50.7 Å². The average molecular weight is 460 g/mol. The largest absolute Gasteiger partial charge is 0.370 e. The second-order valence-electron chi connectivity index (χ2n) is 11.4. The molecule has 34 heavy (non-hydrogen) atoms. The Morgan fingerprint density at radius 2 is 1.38 bits per heavy atom. The lowest BCUT2D eigenvalue weighted by molar-refractivity contribution is 0.0987. The van der Waals surface area contributed by atoms with E-state index in [0.717, 1.165) is 43.3 Å². The minimum Gasteiger partial charge on any atom is -0.370 e.